The van der Waals surface area contributed by atoms with Crippen molar-refractivity contribution in [3.8, 4) is 0 Å². The van der Waals surface area contributed by atoms with Crippen molar-refractivity contribution in [1.29, 1.82) is 0 Å². The molecule has 6 heteroatoms. The maximum Gasteiger partial charge on any atom is 0.132 e. The predicted octanol–water partition coefficient (Wildman–Crippen LogP) is 4.02. The van der Waals surface area contributed by atoms with E-state index in [1.807, 2.05) is 0 Å². The maximum absolute atomic E-state index is 13.8. The van der Waals surface area contributed by atoms with E-state index < -0.39 is 17.7 Å². The highest BCUT2D eigenvalue weighted by atomic mass is 79.9. The smallest absolute Gasteiger partial charge is 0.132 e. The van der Waals surface area contributed by atoms with Gasteiger partial charge in [0.15, 0.2) is 0 Å². The predicted molar refractivity (Wildman–Crippen MR) is 73.9 cm³/mol. The third-order valence-corrected chi connectivity index (χ3v) is 3.51. The van der Waals surface area contributed by atoms with Gasteiger partial charge in [0.2, 0.25) is 0 Å². The summed E-state index contributed by atoms with van der Waals surface area (Å²) in [5, 5.41) is 0.427. The van der Waals surface area contributed by atoms with E-state index in [4.69, 9.17) is 17.3 Å². The van der Waals surface area contributed by atoms with E-state index in [1.54, 1.807) is 12.3 Å². The molecule has 0 amide bonds. The van der Waals surface area contributed by atoms with E-state index in [1.165, 1.54) is 18.3 Å². The average molecular weight is 348 g/mol. The summed E-state index contributed by atoms with van der Waals surface area (Å²) < 4.78 is 27.9. The third-order valence-electron chi connectivity index (χ3n) is 2.71. The molecule has 2 rings (SSSR count). The lowest BCUT2D eigenvalue weighted by Crippen LogP contribution is -2.17. The number of halogens is 4. The van der Waals surface area contributed by atoms with Crippen molar-refractivity contribution in [2.75, 3.05) is 0 Å². The van der Waals surface area contributed by atoms with E-state index in [9.17, 15) is 8.78 Å². The average Bonchev–Trinajstić information content (AvgIpc) is 2.30. The van der Waals surface area contributed by atoms with Gasteiger partial charge in [0.25, 0.3) is 0 Å². The third kappa shape index (κ3) is 3.29. The number of hydrogen-bond donors (Lipinski definition) is 1. The van der Waals surface area contributed by atoms with Crippen molar-refractivity contribution in [2.45, 2.75) is 12.5 Å². The lowest BCUT2D eigenvalue weighted by molar-refractivity contribution is 0.523. The van der Waals surface area contributed by atoms with Gasteiger partial charge in [-0.2, -0.15) is 0 Å². The van der Waals surface area contributed by atoms with Gasteiger partial charge in [0.05, 0.1) is 5.02 Å². The minimum Gasteiger partial charge on any atom is -0.323 e. The molecule has 0 aliphatic heterocycles. The minimum absolute atomic E-state index is 0.143. The normalized spacial score (nSPS) is 12.5. The highest BCUT2D eigenvalue weighted by Gasteiger charge is 2.19. The second-order valence-corrected chi connectivity index (χ2v) is 5.38. The fraction of sp³-hybridized carbons (Fsp3) is 0.154. The summed E-state index contributed by atoms with van der Waals surface area (Å²) in [5.74, 6) is -1.35. The van der Waals surface area contributed by atoms with Crippen molar-refractivity contribution in [1.82, 2.24) is 4.98 Å². The number of pyridine rings is 1. The molecule has 2 aromatic rings. The SMILES string of the molecule is NC(Cc1ccncc1Cl)c1c(F)cc(Br)cc1F. The number of nitrogens with two attached hydrogens (primary N) is 1. The first-order chi connectivity index (χ1) is 8.99. The van der Waals surface area contributed by atoms with Gasteiger partial charge in [-0.3, -0.25) is 4.98 Å². The fourth-order valence-corrected chi connectivity index (χ4v) is 2.41. The molecule has 1 unspecified atom stereocenters. The first-order valence-corrected chi connectivity index (χ1v) is 6.64. The monoisotopic (exact) mass is 346 g/mol. The van der Waals surface area contributed by atoms with E-state index in [2.05, 4.69) is 20.9 Å². The Labute approximate surface area is 122 Å². The van der Waals surface area contributed by atoms with E-state index >= 15 is 0 Å². The molecule has 100 valence electrons. The van der Waals surface area contributed by atoms with Crippen LogP contribution >= 0.6 is 27.5 Å². The zero-order valence-corrected chi connectivity index (χ0v) is 12.0. The molecule has 1 atom stereocenters. The van der Waals surface area contributed by atoms with Crippen LogP contribution < -0.4 is 5.73 Å². The molecule has 0 bridgehead atoms. The summed E-state index contributed by atoms with van der Waals surface area (Å²) in [7, 11) is 0. The Hall–Kier alpha value is -1.04. The van der Waals surface area contributed by atoms with E-state index in [0.717, 1.165) is 0 Å². The highest BCUT2D eigenvalue weighted by molar-refractivity contribution is 9.10. The van der Waals surface area contributed by atoms with Crippen molar-refractivity contribution in [3.05, 3.63) is 62.8 Å². The van der Waals surface area contributed by atoms with Gasteiger partial charge in [-0.05, 0) is 30.2 Å². The summed E-state index contributed by atoms with van der Waals surface area (Å²) in [6, 6.07) is 3.24. The van der Waals surface area contributed by atoms with Crippen LogP contribution in [0.1, 0.15) is 17.2 Å². The second kappa shape index (κ2) is 5.94. The molecule has 2 N–H and O–H groups in total. The number of rotatable bonds is 3. The van der Waals surface area contributed by atoms with Crippen LogP contribution in [0, 0.1) is 11.6 Å². The summed E-state index contributed by atoms with van der Waals surface area (Å²) >= 11 is 8.97. The first-order valence-electron chi connectivity index (χ1n) is 5.47. The standard InChI is InChI=1S/C13H10BrClF2N2/c14-8-4-10(16)13(11(17)5-8)12(18)3-7-1-2-19-6-9(7)15/h1-2,4-6,12H,3,18H2. The van der Waals surface area contributed by atoms with E-state index in [-0.39, 0.29) is 12.0 Å². The molecule has 0 saturated carbocycles. The van der Waals surface area contributed by atoms with Gasteiger partial charge < -0.3 is 5.73 Å². The molecular formula is C13H10BrClF2N2. The molecule has 0 spiro atoms. The Morgan fingerprint density at radius 2 is 1.95 bits per heavy atom. The minimum atomic E-state index is -0.812. The Balaban J connectivity index is 2.31. The van der Waals surface area contributed by atoms with Crippen LogP contribution in [0.3, 0.4) is 0 Å². The van der Waals surface area contributed by atoms with Crippen molar-refractivity contribution in [3.63, 3.8) is 0 Å². The lowest BCUT2D eigenvalue weighted by atomic mass is 9.99. The van der Waals surface area contributed by atoms with Crippen LogP contribution in [-0.2, 0) is 6.42 Å². The molecule has 0 saturated heterocycles. The molecule has 0 aliphatic rings. The van der Waals surface area contributed by atoms with Crippen LogP contribution in [0.5, 0.6) is 0 Å². The van der Waals surface area contributed by atoms with Crippen molar-refractivity contribution >= 4 is 27.5 Å². The molecule has 1 aromatic carbocycles. The van der Waals surface area contributed by atoms with Crippen LogP contribution in [0.25, 0.3) is 0 Å². The topological polar surface area (TPSA) is 38.9 Å². The quantitative estimate of drug-likeness (QED) is 0.911. The molecule has 1 aromatic heterocycles. The molecule has 0 fully saturated rings. The zero-order valence-electron chi connectivity index (χ0n) is 9.71. The van der Waals surface area contributed by atoms with Crippen molar-refractivity contribution in [2.24, 2.45) is 5.73 Å². The molecule has 2 nitrogen and oxygen atoms in total. The summed E-state index contributed by atoms with van der Waals surface area (Å²) in [6.45, 7) is 0. The van der Waals surface area contributed by atoms with Crippen LogP contribution in [0.2, 0.25) is 5.02 Å². The van der Waals surface area contributed by atoms with Crippen molar-refractivity contribution < 1.29 is 8.78 Å². The Bertz CT molecular complexity index is 584. The van der Waals surface area contributed by atoms with Gasteiger partial charge in [-0.1, -0.05) is 27.5 Å². The van der Waals surface area contributed by atoms with Gasteiger partial charge in [0.1, 0.15) is 11.6 Å². The molecular weight excluding hydrogens is 338 g/mol. The van der Waals surface area contributed by atoms with Gasteiger partial charge in [-0.25, -0.2) is 8.78 Å². The van der Waals surface area contributed by atoms with Gasteiger partial charge in [-0.15, -0.1) is 0 Å². The number of hydrogen-bond acceptors (Lipinski definition) is 2. The summed E-state index contributed by atoms with van der Waals surface area (Å²) in [5.41, 5.74) is 6.43. The van der Waals surface area contributed by atoms with E-state index in [0.29, 0.717) is 15.1 Å². The summed E-state index contributed by atoms with van der Waals surface area (Å²) in [4.78, 5) is 3.84. The lowest BCUT2D eigenvalue weighted by Gasteiger charge is -2.15. The number of benzene rings is 1. The Morgan fingerprint density at radius 1 is 1.32 bits per heavy atom. The van der Waals surface area contributed by atoms with Crippen LogP contribution in [-0.4, -0.2) is 4.98 Å². The summed E-state index contributed by atoms with van der Waals surface area (Å²) in [6.07, 6.45) is 3.26. The number of aromatic nitrogens is 1. The van der Waals surface area contributed by atoms with Crippen LogP contribution in [0.4, 0.5) is 8.78 Å². The number of nitrogens with zero attached hydrogens (tertiary/aromatic N) is 1. The van der Waals surface area contributed by atoms with Gasteiger partial charge in [0, 0.05) is 28.5 Å². The maximum atomic E-state index is 13.8. The first kappa shape index (κ1) is 14.4. The largest absolute Gasteiger partial charge is 0.323 e. The molecule has 19 heavy (non-hydrogen) atoms. The fourth-order valence-electron chi connectivity index (χ4n) is 1.82. The molecule has 0 aliphatic carbocycles. The highest BCUT2D eigenvalue weighted by Crippen LogP contribution is 2.27. The van der Waals surface area contributed by atoms with Gasteiger partial charge >= 0.3 is 0 Å². The molecule has 1 heterocycles. The Kier molecular flexibility index (Phi) is 4.50. The molecule has 0 radical (unpaired) electrons. The van der Waals surface area contributed by atoms with Crippen LogP contribution in [0.15, 0.2) is 35.1 Å². The second-order valence-electron chi connectivity index (χ2n) is 4.06. The zero-order chi connectivity index (χ0) is 14.0. The Morgan fingerprint density at radius 3 is 2.53 bits per heavy atom.